The molecule has 0 aromatic carbocycles. The molecule has 1 heteroatoms. The van der Waals surface area contributed by atoms with Crippen molar-refractivity contribution in [2.45, 2.75) is 119 Å². The third-order valence-corrected chi connectivity index (χ3v) is 11.8. The van der Waals surface area contributed by atoms with Crippen LogP contribution in [-0.2, 0) is 0 Å². The highest BCUT2D eigenvalue weighted by molar-refractivity contribution is 5.27. The monoisotopic (exact) mass is 428 g/mol. The minimum atomic E-state index is -0.0422. The highest BCUT2D eigenvalue weighted by Gasteiger charge is 2.58. The topological polar surface area (TPSA) is 20.2 Å². The van der Waals surface area contributed by atoms with Gasteiger partial charge in [-0.3, -0.25) is 0 Å². The molecular weight excluding hydrogens is 376 g/mol. The van der Waals surface area contributed by atoms with E-state index in [1.165, 1.54) is 51.4 Å². The number of aliphatic hydroxyl groups is 1. The largest absolute Gasteiger partial charge is 0.393 e. The van der Waals surface area contributed by atoms with Crippen LogP contribution in [0.25, 0.3) is 0 Å². The second-order valence-corrected chi connectivity index (χ2v) is 13.5. The van der Waals surface area contributed by atoms with Gasteiger partial charge in [-0.05, 0) is 110 Å². The van der Waals surface area contributed by atoms with Gasteiger partial charge in [-0.25, -0.2) is 0 Å². The van der Waals surface area contributed by atoms with Crippen molar-refractivity contribution < 1.29 is 5.11 Å². The zero-order chi connectivity index (χ0) is 22.6. The van der Waals surface area contributed by atoms with Crippen molar-refractivity contribution in [2.75, 3.05) is 0 Å². The Balaban J connectivity index is 1.45. The molecule has 178 valence electrons. The van der Waals surface area contributed by atoms with Crippen LogP contribution in [0, 0.1) is 58.2 Å². The van der Waals surface area contributed by atoms with Crippen molar-refractivity contribution >= 4 is 0 Å². The van der Waals surface area contributed by atoms with Gasteiger partial charge in [0.1, 0.15) is 0 Å². The Hall–Kier alpha value is -0.300. The molecule has 0 aromatic rings. The molecule has 31 heavy (non-hydrogen) atoms. The first-order valence-electron chi connectivity index (χ1n) is 14.0. The summed E-state index contributed by atoms with van der Waals surface area (Å²) in [6, 6.07) is 0. The molecule has 1 nitrogen and oxygen atoms in total. The van der Waals surface area contributed by atoms with Crippen LogP contribution < -0.4 is 0 Å². The van der Waals surface area contributed by atoms with Crippen LogP contribution in [0.1, 0.15) is 113 Å². The van der Waals surface area contributed by atoms with Crippen LogP contribution in [0.3, 0.4) is 0 Å². The molecule has 0 radical (unpaired) electrons. The molecule has 10 atom stereocenters. The molecule has 0 aromatic heterocycles. The molecule has 0 aliphatic heterocycles. The van der Waals surface area contributed by atoms with E-state index in [0.717, 1.165) is 60.2 Å². The molecule has 0 bridgehead atoms. The fourth-order valence-electron chi connectivity index (χ4n) is 9.11. The minimum Gasteiger partial charge on any atom is -0.393 e. The van der Waals surface area contributed by atoms with Crippen LogP contribution in [0.2, 0.25) is 0 Å². The molecule has 0 amide bonds. The molecular formula is C30H52O. The van der Waals surface area contributed by atoms with E-state index < -0.39 is 0 Å². The van der Waals surface area contributed by atoms with E-state index in [9.17, 15) is 5.11 Å². The number of hydrogen-bond acceptors (Lipinski definition) is 1. The first-order valence-corrected chi connectivity index (χ1v) is 14.0. The Labute approximate surface area is 193 Å². The summed E-state index contributed by atoms with van der Waals surface area (Å²) in [5.41, 5.74) is 2.86. The van der Waals surface area contributed by atoms with Crippen molar-refractivity contribution in [1.82, 2.24) is 0 Å². The van der Waals surface area contributed by atoms with Gasteiger partial charge in [-0.15, -0.1) is 0 Å². The van der Waals surface area contributed by atoms with Gasteiger partial charge in [0, 0.05) is 0 Å². The Morgan fingerprint density at radius 2 is 1.58 bits per heavy atom. The number of allylic oxidation sites excluding steroid dienone is 2. The van der Waals surface area contributed by atoms with Gasteiger partial charge < -0.3 is 5.11 Å². The Bertz CT molecular complexity index is 663. The average Bonchev–Trinajstić information content (AvgIpc) is 3.09. The highest BCUT2D eigenvalue weighted by atomic mass is 16.3. The molecule has 0 saturated heterocycles. The molecule has 0 unspecified atom stereocenters. The third-order valence-electron chi connectivity index (χ3n) is 11.8. The number of fused-ring (bicyclic) bond motifs is 5. The lowest BCUT2D eigenvalue weighted by atomic mass is 9.47. The second kappa shape index (κ2) is 8.81. The third kappa shape index (κ3) is 4.08. The normalized spacial score (nSPS) is 45.3. The molecule has 4 aliphatic rings. The lowest BCUT2D eigenvalue weighted by Gasteiger charge is -2.57. The number of aliphatic hydroxyl groups excluding tert-OH is 1. The fourth-order valence-corrected chi connectivity index (χ4v) is 9.11. The average molecular weight is 429 g/mol. The smallest absolute Gasteiger partial charge is 0.0543 e. The van der Waals surface area contributed by atoms with E-state index in [2.05, 4.69) is 54.5 Å². The molecule has 0 spiro atoms. The van der Waals surface area contributed by atoms with Crippen molar-refractivity contribution in [1.29, 1.82) is 0 Å². The van der Waals surface area contributed by atoms with Crippen molar-refractivity contribution in [3.63, 3.8) is 0 Å². The van der Waals surface area contributed by atoms with Gasteiger partial charge in [0.15, 0.2) is 0 Å². The summed E-state index contributed by atoms with van der Waals surface area (Å²) in [6.45, 7) is 17.6. The molecule has 1 N–H and O–H groups in total. The lowest BCUT2D eigenvalue weighted by Crippen LogP contribution is -2.49. The summed E-state index contributed by atoms with van der Waals surface area (Å²) in [4.78, 5) is 0. The van der Waals surface area contributed by atoms with Crippen molar-refractivity contribution in [3.8, 4) is 0 Å². The maximum atomic E-state index is 10.3. The summed E-state index contributed by atoms with van der Waals surface area (Å²) in [5.74, 6) is 6.64. The second-order valence-electron chi connectivity index (χ2n) is 13.5. The molecule has 3 fully saturated rings. The molecule has 3 saturated carbocycles. The molecule has 4 rings (SSSR count). The highest BCUT2D eigenvalue weighted by Crippen LogP contribution is 2.67. The van der Waals surface area contributed by atoms with Crippen LogP contribution in [0.5, 0.6) is 0 Å². The Morgan fingerprint density at radius 1 is 0.903 bits per heavy atom. The zero-order valence-electron chi connectivity index (χ0n) is 21.8. The standard InChI is InChI=1S/C30H52O/c1-19(2)22(5)20(3)8-9-21(4)26-12-13-27-25-11-10-23-18-24(31)14-16-29(23,6)28(25)15-17-30(26,27)7/h11,19-24,26-28,31H,8-10,12-18H2,1-7H3/t20-,21-,22+,23+,24+,26-,27+,28+,29+,30-/m1/s1. The minimum absolute atomic E-state index is 0.0422. The first kappa shape index (κ1) is 23.8. The molecule has 4 aliphatic carbocycles. The fraction of sp³-hybridized carbons (Fsp3) is 0.933. The summed E-state index contributed by atoms with van der Waals surface area (Å²) < 4.78 is 0. The summed E-state index contributed by atoms with van der Waals surface area (Å²) in [7, 11) is 0. The van der Waals surface area contributed by atoms with Crippen LogP contribution in [-0.4, -0.2) is 11.2 Å². The van der Waals surface area contributed by atoms with Crippen molar-refractivity contribution in [2.24, 2.45) is 58.2 Å². The Morgan fingerprint density at radius 3 is 2.29 bits per heavy atom. The quantitative estimate of drug-likeness (QED) is 0.422. The van der Waals surface area contributed by atoms with Gasteiger partial charge in [-0.2, -0.15) is 0 Å². The number of hydrogen-bond donors (Lipinski definition) is 1. The predicted molar refractivity (Wildman–Crippen MR) is 133 cm³/mol. The number of rotatable bonds is 6. The SMILES string of the molecule is CC(C)[C@H](C)[C@H](C)CC[C@@H](C)[C@H]1CC[C@H]2C3=CC[C@H]4C[C@@H](O)CC[C@]4(C)[C@H]3CC[C@]12C. The Kier molecular flexibility index (Phi) is 6.78. The zero-order valence-corrected chi connectivity index (χ0v) is 21.8. The van der Waals surface area contributed by atoms with E-state index in [0.29, 0.717) is 10.8 Å². The predicted octanol–water partition coefficient (Wildman–Crippen LogP) is 8.27. The van der Waals surface area contributed by atoms with Crippen LogP contribution >= 0.6 is 0 Å². The van der Waals surface area contributed by atoms with Gasteiger partial charge >= 0.3 is 0 Å². The van der Waals surface area contributed by atoms with Gasteiger partial charge in [0.05, 0.1) is 6.10 Å². The van der Waals surface area contributed by atoms with E-state index in [1.54, 1.807) is 0 Å². The van der Waals surface area contributed by atoms with E-state index >= 15 is 0 Å². The maximum absolute atomic E-state index is 10.3. The first-order chi connectivity index (χ1) is 14.6. The maximum Gasteiger partial charge on any atom is 0.0543 e. The van der Waals surface area contributed by atoms with E-state index in [1.807, 2.05) is 5.57 Å². The van der Waals surface area contributed by atoms with Crippen LogP contribution in [0.15, 0.2) is 11.6 Å². The van der Waals surface area contributed by atoms with E-state index in [4.69, 9.17) is 0 Å². The summed E-state index contributed by atoms with van der Waals surface area (Å²) in [5, 5.41) is 10.3. The van der Waals surface area contributed by atoms with Gasteiger partial charge in [0.2, 0.25) is 0 Å². The summed E-state index contributed by atoms with van der Waals surface area (Å²) in [6.07, 6.45) is 15.8. The lowest BCUT2D eigenvalue weighted by molar-refractivity contribution is -0.0428. The van der Waals surface area contributed by atoms with Crippen LogP contribution in [0.4, 0.5) is 0 Å². The molecule has 0 heterocycles. The van der Waals surface area contributed by atoms with Gasteiger partial charge in [-0.1, -0.05) is 73.0 Å². The van der Waals surface area contributed by atoms with Gasteiger partial charge in [0.25, 0.3) is 0 Å². The van der Waals surface area contributed by atoms with E-state index in [-0.39, 0.29) is 6.10 Å². The summed E-state index contributed by atoms with van der Waals surface area (Å²) >= 11 is 0. The van der Waals surface area contributed by atoms with Crippen molar-refractivity contribution in [3.05, 3.63) is 11.6 Å².